The first-order valence-corrected chi connectivity index (χ1v) is 7.78. The van der Waals surface area contributed by atoms with Gasteiger partial charge in [0.2, 0.25) is 5.91 Å². The van der Waals surface area contributed by atoms with Crippen molar-refractivity contribution < 1.29 is 14.3 Å². The van der Waals surface area contributed by atoms with Crippen molar-refractivity contribution in [3.63, 3.8) is 0 Å². The number of hydrogen-bond acceptors (Lipinski definition) is 3. The van der Waals surface area contributed by atoms with E-state index in [1.807, 2.05) is 23.1 Å². The number of ether oxygens (including phenoxy) is 2. The largest absolute Gasteiger partial charge is 0.486 e. The average Bonchev–Trinajstić information content (AvgIpc) is 2.46. The monoisotopic (exact) mass is 289 g/mol. The number of carbonyl (C=O) groups is 1. The molecule has 0 saturated carbocycles. The van der Waals surface area contributed by atoms with Crippen LogP contribution in [-0.2, 0) is 11.2 Å². The molecule has 0 radical (unpaired) electrons. The zero-order chi connectivity index (χ0) is 14.8. The fourth-order valence-corrected chi connectivity index (χ4v) is 3.35. The van der Waals surface area contributed by atoms with E-state index in [1.165, 1.54) is 6.42 Å². The molecular weight excluding hydrogens is 266 g/mol. The van der Waals surface area contributed by atoms with E-state index in [0.29, 0.717) is 31.5 Å². The van der Waals surface area contributed by atoms with E-state index in [2.05, 4.69) is 13.8 Å². The third-order valence-electron chi connectivity index (χ3n) is 4.18. The summed E-state index contributed by atoms with van der Waals surface area (Å²) in [6.45, 7) is 7.38. The molecule has 2 heterocycles. The molecule has 0 aromatic heterocycles. The average molecular weight is 289 g/mol. The predicted molar refractivity (Wildman–Crippen MR) is 80.7 cm³/mol. The van der Waals surface area contributed by atoms with Crippen LogP contribution >= 0.6 is 0 Å². The second-order valence-corrected chi connectivity index (χ2v) is 6.40. The Kier molecular flexibility index (Phi) is 4.04. The van der Waals surface area contributed by atoms with E-state index in [-0.39, 0.29) is 5.91 Å². The van der Waals surface area contributed by atoms with E-state index in [1.54, 1.807) is 0 Å². The highest BCUT2D eigenvalue weighted by Crippen LogP contribution is 2.31. The molecule has 1 saturated heterocycles. The number of hydrogen-bond donors (Lipinski definition) is 0. The van der Waals surface area contributed by atoms with E-state index < -0.39 is 0 Å². The van der Waals surface area contributed by atoms with Gasteiger partial charge in [0, 0.05) is 13.1 Å². The molecule has 1 aromatic rings. The van der Waals surface area contributed by atoms with Crippen LogP contribution in [0.25, 0.3) is 0 Å². The molecule has 0 bridgehead atoms. The molecule has 21 heavy (non-hydrogen) atoms. The standard InChI is InChI=1S/C17H23NO3/c1-12-7-13(2)11-18(10-12)17(19)9-14-3-4-15-16(8-14)21-6-5-20-15/h3-4,8,12-13H,5-7,9-11H2,1-2H3. The maximum absolute atomic E-state index is 12.5. The lowest BCUT2D eigenvalue weighted by Gasteiger charge is -2.35. The maximum Gasteiger partial charge on any atom is 0.227 e. The number of carbonyl (C=O) groups excluding carboxylic acids is 1. The molecule has 0 spiro atoms. The van der Waals surface area contributed by atoms with E-state index >= 15 is 0 Å². The highest BCUT2D eigenvalue weighted by Gasteiger charge is 2.25. The van der Waals surface area contributed by atoms with E-state index in [4.69, 9.17) is 9.47 Å². The minimum absolute atomic E-state index is 0.213. The first-order chi connectivity index (χ1) is 10.1. The number of amides is 1. The first kappa shape index (κ1) is 14.2. The van der Waals surface area contributed by atoms with Gasteiger partial charge in [0.15, 0.2) is 11.5 Å². The van der Waals surface area contributed by atoms with Crippen LogP contribution in [0, 0.1) is 11.8 Å². The van der Waals surface area contributed by atoms with Crippen molar-refractivity contribution in [1.82, 2.24) is 4.90 Å². The summed E-state index contributed by atoms with van der Waals surface area (Å²) < 4.78 is 11.1. The Labute approximate surface area is 126 Å². The van der Waals surface area contributed by atoms with E-state index in [0.717, 1.165) is 30.2 Å². The highest BCUT2D eigenvalue weighted by atomic mass is 16.6. The summed E-state index contributed by atoms with van der Waals surface area (Å²) in [5.41, 5.74) is 0.995. The number of rotatable bonds is 2. The molecule has 3 rings (SSSR count). The number of fused-ring (bicyclic) bond motifs is 1. The molecule has 2 aliphatic rings. The Morgan fingerprint density at radius 3 is 2.52 bits per heavy atom. The summed E-state index contributed by atoms with van der Waals surface area (Å²) in [5, 5.41) is 0. The van der Waals surface area contributed by atoms with Crippen LogP contribution < -0.4 is 9.47 Å². The molecule has 114 valence electrons. The minimum atomic E-state index is 0.213. The van der Waals surface area contributed by atoms with E-state index in [9.17, 15) is 4.79 Å². The van der Waals surface area contributed by atoms with Gasteiger partial charge in [0.1, 0.15) is 13.2 Å². The molecular formula is C17H23NO3. The number of piperidine rings is 1. The summed E-state index contributed by atoms with van der Waals surface area (Å²) >= 11 is 0. The molecule has 4 heteroatoms. The van der Waals surface area contributed by atoms with Crippen molar-refractivity contribution in [3.05, 3.63) is 23.8 Å². The van der Waals surface area contributed by atoms with Gasteiger partial charge < -0.3 is 14.4 Å². The molecule has 2 unspecified atom stereocenters. The SMILES string of the molecule is CC1CC(C)CN(C(=O)Cc2ccc3c(c2)OCCO3)C1. The van der Waals surface area contributed by atoms with Gasteiger partial charge in [0.25, 0.3) is 0 Å². The summed E-state index contributed by atoms with van der Waals surface area (Å²) in [7, 11) is 0. The smallest absolute Gasteiger partial charge is 0.227 e. The van der Waals surface area contributed by atoms with Crippen LogP contribution in [-0.4, -0.2) is 37.1 Å². The zero-order valence-electron chi connectivity index (χ0n) is 12.8. The van der Waals surface area contributed by atoms with Gasteiger partial charge in [-0.1, -0.05) is 19.9 Å². The van der Waals surface area contributed by atoms with Crippen LogP contribution in [0.1, 0.15) is 25.8 Å². The molecule has 1 fully saturated rings. The fraction of sp³-hybridized carbons (Fsp3) is 0.588. The molecule has 1 amide bonds. The van der Waals surface area contributed by atoms with Crippen LogP contribution in [0.5, 0.6) is 11.5 Å². The fourth-order valence-electron chi connectivity index (χ4n) is 3.35. The molecule has 0 aliphatic carbocycles. The molecule has 4 nitrogen and oxygen atoms in total. The van der Waals surface area contributed by atoms with Crippen LogP contribution in [0.2, 0.25) is 0 Å². The van der Waals surface area contributed by atoms with Crippen molar-refractivity contribution in [3.8, 4) is 11.5 Å². The Morgan fingerprint density at radius 2 is 1.81 bits per heavy atom. The molecule has 2 aliphatic heterocycles. The lowest BCUT2D eigenvalue weighted by Crippen LogP contribution is -2.43. The summed E-state index contributed by atoms with van der Waals surface area (Å²) in [6, 6.07) is 5.80. The highest BCUT2D eigenvalue weighted by molar-refractivity contribution is 5.79. The summed E-state index contributed by atoms with van der Waals surface area (Å²) in [6.07, 6.45) is 1.66. The van der Waals surface area contributed by atoms with Crippen LogP contribution in [0.3, 0.4) is 0 Å². The minimum Gasteiger partial charge on any atom is -0.486 e. The van der Waals surface area contributed by atoms with Gasteiger partial charge in [-0.25, -0.2) is 0 Å². The van der Waals surface area contributed by atoms with Crippen molar-refractivity contribution in [2.45, 2.75) is 26.7 Å². The van der Waals surface area contributed by atoms with Gasteiger partial charge in [-0.05, 0) is 36.0 Å². The number of likely N-dealkylation sites (tertiary alicyclic amines) is 1. The van der Waals surface area contributed by atoms with Gasteiger partial charge in [-0.2, -0.15) is 0 Å². The van der Waals surface area contributed by atoms with Gasteiger partial charge in [0.05, 0.1) is 6.42 Å². The number of nitrogens with zero attached hydrogens (tertiary/aromatic N) is 1. The predicted octanol–water partition coefficient (Wildman–Crippen LogP) is 2.50. The maximum atomic E-state index is 12.5. The molecule has 2 atom stereocenters. The molecule has 1 aromatic carbocycles. The second kappa shape index (κ2) is 5.96. The summed E-state index contributed by atoms with van der Waals surface area (Å²) in [5.74, 6) is 2.94. The topological polar surface area (TPSA) is 38.8 Å². The Morgan fingerprint density at radius 1 is 1.14 bits per heavy atom. The number of benzene rings is 1. The van der Waals surface area contributed by atoms with Crippen molar-refractivity contribution in [1.29, 1.82) is 0 Å². The van der Waals surface area contributed by atoms with Gasteiger partial charge in [-0.15, -0.1) is 0 Å². The van der Waals surface area contributed by atoms with Crippen molar-refractivity contribution >= 4 is 5.91 Å². The third-order valence-corrected chi connectivity index (χ3v) is 4.18. The lowest BCUT2D eigenvalue weighted by molar-refractivity contribution is -0.133. The lowest BCUT2D eigenvalue weighted by atomic mass is 9.91. The Balaban J connectivity index is 1.67. The zero-order valence-corrected chi connectivity index (χ0v) is 12.8. The summed E-state index contributed by atoms with van der Waals surface area (Å²) in [4.78, 5) is 14.5. The normalized spacial score (nSPS) is 24.8. The van der Waals surface area contributed by atoms with Crippen molar-refractivity contribution in [2.75, 3.05) is 26.3 Å². The Hall–Kier alpha value is -1.71. The third kappa shape index (κ3) is 3.31. The van der Waals surface area contributed by atoms with Crippen LogP contribution in [0.15, 0.2) is 18.2 Å². The first-order valence-electron chi connectivity index (χ1n) is 7.78. The van der Waals surface area contributed by atoms with Crippen LogP contribution in [0.4, 0.5) is 0 Å². The van der Waals surface area contributed by atoms with Gasteiger partial charge >= 0.3 is 0 Å². The molecule has 0 N–H and O–H groups in total. The Bertz CT molecular complexity index is 519. The van der Waals surface area contributed by atoms with Gasteiger partial charge in [-0.3, -0.25) is 4.79 Å². The van der Waals surface area contributed by atoms with Crippen molar-refractivity contribution in [2.24, 2.45) is 11.8 Å². The second-order valence-electron chi connectivity index (χ2n) is 6.40. The quantitative estimate of drug-likeness (QED) is 0.839.